The van der Waals surface area contributed by atoms with Gasteiger partial charge >= 0.3 is 0 Å². The second-order valence-electron chi connectivity index (χ2n) is 7.62. The van der Waals surface area contributed by atoms with Crippen LogP contribution in [0.5, 0.6) is 5.75 Å². The summed E-state index contributed by atoms with van der Waals surface area (Å²) in [5.74, 6) is 1.05. The highest BCUT2D eigenvalue weighted by Crippen LogP contribution is 2.18. The van der Waals surface area contributed by atoms with Crippen molar-refractivity contribution in [3.63, 3.8) is 0 Å². The minimum Gasteiger partial charge on any atom is -0.486 e. The first-order chi connectivity index (χ1) is 14.6. The summed E-state index contributed by atoms with van der Waals surface area (Å²) in [5, 5.41) is 8.02. The van der Waals surface area contributed by atoms with E-state index in [9.17, 15) is 4.79 Å². The summed E-state index contributed by atoms with van der Waals surface area (Å²) in [6.45, 7) is 1.96. The van der Waals surface area contributed by atoms with Crippen molar-refractivity contribution >= 4 is 5.91 Å². The van der Waals surface area contributed by atoms with Gasteiger partial charge in [-0.25, -0.2) is 9.67 Å². The fourth-order valence-corrected chi connectivity index (χ4v) is 3.64. The number of aromatic nitrogens is 4. The summed E-state index contributed by atoms with van der Waals surface area (Å²) in [5.41, 5.74) is 1.19. The summed E-state index contributed by atoms with van der Waals surface area (Å²) in [4.78, 5) is 20.7. The smallest absolute Gasteiger partial charge is 0.275 e. The van der Waals surface area contributed by atoms with Crippen LogP contribution in [0.2, 0.25) is 0 Å². The maximum atomic E-state index is 12.7. The topological polar surface area (TPSA) is 89.5 Å². The molecule has 9 heteroatoms. The van der Waals surface area contributed by atoms with Crippen LogP contribution in [0.15, 0.2) is 47.5 Å². The van der Waals surface area contributed by atoms with Crippen LogP contribution in [0.3, 0.4) is 0 Å². The fraction of sp³-hybridized carbons (Fsp3) is 0.429. The SMILES string of the molecule is CN(C[C@H]1CCCCN1C)C(=O)c1cc(COc2ccc(-n3cncn3)cc2)on1. The molecule has 1 aromatic carbocycles. The van der Waals surface area contributed by atoms with Gasteiger partial charge in [0.25, 0.3) is 5.91 Å². The number of amides is 1. The number of carbonyl (C=O) groups is 1. The lowest BCUT2D eigenvalue weighted by Crippen LogP contribution is -2.45. The Morgan fingerprint density at radius 3 is 2.87 bits per heavy atom. The zero-order chi connectivity index (χ0) is 20.9. The monoisotopic (exact) mass is 410 g/mol. The summed E-state index contributed by atoms with van der Waals surface area (Å²) in [6, 6.07) is 9.49. The molecule has 4 rings (SSSR count). The number of likely N-dealkylation sites (N-methyl/N-ethyl adjacent to an activating group) is 2. The molecule has 0 unspecified atom stereocenters. The van der Waals surface area contributed by atoms with Crippen molar-refractivity contribution in [3.8, 4) is 11.4 Å². The molecule has 9 nitrogen and oxygen atoms in total. The van der Waals surface area contributed by atoms with E-state index < -0.39 is 0 Å². The van der Waals surface area contributed by atoms with Crippen LogP contribution in [0, 0.1) is 0 Å². The molecule has 30 heavy (non-hydrogen) atoms. The van der Waals surface area contributed by atoms with Gasteiger partial charge < -0.3 is 19.1 Å². The molecule has 3 aromatic rings. The molecule has 0 radical (unpaired) electrons. The van der Waals surface area contributed by atoms with Crippen molar-refractivity contribution in [3.05, 3.63) is 54.4 Å². The summed E-state index contributed by atoms with van der Waals surface area (Å²) in [7, 11) is 3.93. The zero-order valence-electron chi connectivity index (χ0n) is 17.3. The van der Waals surface area contributed by atoms with Crippen LogP contribution in [-0.2, 0) is 6.61 Å². The third kappa shape index (κ3) is 4.68. The van der Waals surface area contributed by atoms with E-state index in [1.807, 2.05) is 31.3 Å². The Labute approximate surface area is 175 Å². The van der Waals surface area contributed by atoms with E-state index in [0.29, 0.717) is 29.8 Å². The third-order valence-corrected chi connectivity index (χ3v) is 5.43. The maximum absolute atomic E-state index is 12.7. The molecule has 1 atom stereocenters. The highest BCUT2D eigenvalue weighted by Gasteiger charge is 2.24. The van der Waals surface area contributed by atoms with Crippen molar-refractivity contribution in [2.45, 2.75) is 31.9 Å². The summed E-state index contributed by atoms with van der Waals surface area (Å²) in [6.07, 6.45) is 6.66. The Hall–Kier alpha value is -3.20. The number of benzene rings is 1. The average Bonchev–Trinajstić information content (AvgIpc) is 3.46. The number of piperidine rings is 1. The quantitative estimate of drug-likeness (QED) is 0.591. The van der Waals surface area contributed by atoms with Crippen molar-refractivity contribution in [2.24, 2.45) is 0 Å². The molecule has 0 bridgehead atoms. The summed E-state index contributed by atoms with van der Waals surface area (Å²) < 4.78 is 12.7. The van der Waals surface area contributed by atoms with Gasteiger partial charge in [0.1, 0.15) is 25.0 Å². The van der Waals surface area contributed by atoms with E-state index >= 15 is 0 Å². The second kappa shape index (κ2) is 9.08. The van der Waals surface area contributed by atoms with Gasteiger partial charge in [-0.05, 0) is 50.7 Å². The van der Waals surface area contributed by atoms with Gasteiger partial charge in [0.05, 0.1) is 5.69 Å². The van der Waals surface area contributed by atoms with Gasteiger partial charge in [0, 0.05) is 25.7 Å². The average molecular weight is 410 g/mol. The Morgan fingerprint density at radius 2 is 2.13 bits per heavy atom. The highest BCUT2D eigenvalue weighted by molar-refractivity contribution is 5.92. The van der Waals surface area contributed by atoms with E-state index in [1.54, 1.807) is 22.0 Å². The Balaban J connectivity index is 1.30. The number of hydrogen-bond acceptors (Lipinski definition) is 7. The van der Waals surface area contributed by atoms with Gasteiger partial charge in [-0.2, -0.15) is 5.10 Å². The van der Waals surface area contributed by atoms with Crippen LogP contribution in [0.25, 0.3) is 5.69 Å². The molecule has 1 fully saturated rings. The van der Waals surface area contributed by atoms with E-state index in [1.165, 1.54) is 19.2 Å². The Morgan fingerprint density at radius 1 is 1.30 bits per heavy atom. The standard InChI is InChI=1S/C21H26N6O3/c1-25-10-4-3-5-17(25)12-26(2)21(28)20-11-19(30-24-20)13-29-18-8-6-16(7-9-18)27-15-22-14-23-27/h6-9,11,14-15,17H,3-5,10,12-13H2,1-2H3/t17-/m1/s1. The normalized spacial score (nSPS) is 17.1. The number of likely N-dealkylation sites (tertiary alicyclic amines) is 1. The number of carbonyl (C=O) groups excluding carboxylic acids is 1. The lowest BCUT2D eigenvalue weighted by molar-refractivity contribution is 0.0707. The van der Waals surface area contributed by atoms with Crippen molar-refractivity contribution in [1.29, 1.82) is 0 Å². The predicted octanol–water partition coefficient (Wildman–Crippen LogP) is 2.39. The van der Waals surface area contributed by atoms with E-state index in [-0.39, 0.29) is 12.5 Å². The molecule has 3 heterocycles. The minimum atomic E-state index is -0.138. The number of rotatable bonds is 7. The third-order valence-electron chi connectivity index (χ3n) is 5.43. The summed E-state index contributed by atoms with van der Waals surface area (Å²) >= 11 is 0. The predicted molar refractivity (Wildman–Crippen MR) is 109 cm³/mol. The number of hydrogen-bond donors (Lipinski definition) is 0. The fourth-order valence-electron chi connectivity index (χ4n) is 3.64. The van der Waals surface area contributed by atoms with Gasteiger partial charge in [0.15, 0.2) is 11.5 Å². The molecule has 1 saturated heterocycles. The lowest BCUT2D eigenvalue weighted by Gasteiger charge is -2.34. The highest BCUT2D eigenvalue weighted by atomic mass is 16.5. The van der Waals surface area contributed by atoms with Crippen LogP contribution >= 0.6 is 0 Å². The maximum Gasteiger partial charge on any atom is 0.275 e. The van der Waals surface area contributed by atoms with E-state index in [2.05, 4.69) is 27.2 Å². The van der Waals surface area contributed by atoms with Crippen LogP contribution in [0.1, 0.15) is 35.5 Å². The van der Waals surface area contributed by atoms with Crippen LogP contribution in [-0.4, -0.2) is 68.9 Å². The van der Waals surface area contributed by atoms with Gasteiger partial charge in [-0.15, -0.1) is 0 Å². The molecule has 0 spiro atoms. The molecule has 2 aromatic heterocycles. The largest absolute Gasteiger partial charge is 0.486 e. The van der Waals surface area contributed by atoms with Crippen LogP contribution < -0.4 is 4.74 Å². The molecular formula is C21H26N6O3. The van der Waals surface area contributed by atoms with E-state index in [4.69, 9.17) is 9.26 Å². The molecular weight excluding hydrogens is 384 g/mol. The Kier molecular flexibility index (Phi) is 6.08. The van der Waals surface area contributed by atoms with Crippen molar-refractivity contribution in [1.82, 2.24) is 29.7 Å². The lowest BCUT2D eigenvalue weighted by atomic mass is 10.0. The molecule has 1 amide bonds. The van der Waals surface area contributed by atoms with Gasteiger partial charge in [0.2, 0.25) is 0 Å². The molecule has 0 saturated carbocycles. The number of nitrogens with zero attached hydrogens (tertiary/aromatic N) is 6. The molecule has 1 aliphatic rings. The first-order valence-corrected chi connectivity index (χ1v) is 10.1. The molecule has 1 aliphatic heterocycles. The second-order valence-corrected chi connectivity index (χ2v) is 7.62. The van der Waals surface area contributed by atoms with Crippen molar-refractivity contribution in [2.75, 3.05) is 27.2 Å². The Bertz CT molecular complexity index is 954. The van der Waals surface area contributed by atoms with E-state index in [0.717, 1.165) is 18.7 Å². The molecule has 0 N–H and O–H groups in total. The number of ether oxygens (including phenoxy) is 1. The first-order valence-electron chi connectivity index (χ1n) is 10.1. The first kappa shape index (κ1) is 20.1. The van der Waals surface area contributed by atoms with Gasteiger partial charge in [-0.3, -0.25) is 4.79 Å². The van der Waals surface area contributed by atoms with Gasteiger partial charge in [-0.1, -0.05) is 11.6 Å². The molecule has 158 valence electrons. The van der Waals surface area contributed by atoms with Crippen LogP contribution in [0.4, 0.5) is 0 Å². The van der Waals surface area contributed by atoms with Crippen molar-refractivity contribution < 1.29 is 14.1 Å². The molecule has 0 aliphatic carbocycles. The minimum absolute atomic E-state index is 0.138. The zero-order valence-corrected chi connectivity index (χ0v) is 17.3.